The maximum atomic E-state index is 11.4. The van der Waals surface area contributed by atoms with Gasteiger partial charge in [0.15, 0.2) is 0 Å². The molecule has 0 aliphatic rings. The van der Waals surface area contributed by atoms with Crippen molar-refractivity contribution in [2.75, 3.05) is 0 Å². The third-order valence-corrected chi connectivity index (χ3v) is 11.8. The van der Waals surface area contributed by atoms with Gasteiger partial charge in [-0.2, -0.15) is 0 Å². The second-order valence-corrected chi connectivity index (χ2v) is 16.7. The van der Waals surface area contributed by atoms with Crippen molar-refractivity contribution in [3.05, 3.63) is 194 Å². The van der Waals surface area contributed by atoms with E-state index in [-0.39, 0.29) is 32.2 Å². The first-order chi connectivity index (χ1) is 29.8. The van der Waals surface area contributed by atoms with E-state index >= 15 is 0 Å². The first-order valence-electron chi connectivity index (χ1n) is 20.6. The van der Waals surface area contributed by atoms with Crippen molar-refractivity contribution in [1.82, 2.24) is 14.5 Å². The topological polar surface area (TPSA) is 64.1 Å². The van der Waals surface area contributed by atoms with E-state index < -0.39 is 0 Å². The molecule has 11 rings (SSSR count). The van der Waals surface area contributed by atoms with Gasteiger partial charge in [0, 0.05) is 49.3 Å². The van der Waals surface area contributed by atoms with Crippen molar-refractivity contribution in [3.8, 4) is 67.5 Å². The van der Waals surface area contributed by atoms with Crippen LogP contribution < -0.4 is 0 Å². The molecule has 8 aromatic carbocycles. The van der Waals surface area contributed by atoms with Crippen molar-refractivity contribution < 1.29 is 30.6 Å². The number of imidazole rings is 1. The van der Waals surface area contributed by atoms with Crippen LogP contribution in [0.5, 0.6) is 5.75 Å². The summed E-state index contributed by atoms with van der Waals surface area (Å²) in [4.78, 5) is 10.4. The number of hydrogen-bond donors (Lipinski definition) is 1. The van der Waals surface area contributed by atoms with E-state index in [2.05, 4.69) is 165 Å². The maximum absolute atomic E-state index is 11.4. The number of fused-ring (bicyclic) bond motifs is 5. The van der Waals surface area contributed by atoms with Crippen LogP contribution in [0.1, 0.15) is 26.3 Å². The van der Waals surface area contributed by atoms with E-state index in [4.69, 9.17) is 14.4 Å². The second kappa shape index (κ2) is 15.4. The molecule has 11 aromatic rings. The Morgan fingerprint density at radius 1 is 0.581 bits per heavy atom. The standard InChI is InChI=1S/C56H40N3O2.Pt/c1-56(2,3)42-25-26-48(46(34-42)36-17-8-5-9-18-36)59-49-23-14-22-43(53(49)58-55(59)45-21-12-13-24-50(45)60)40-29-39(35-15-6-4-7-16-35)30-41(31-40)52-54-44(27-28-57-52)47-32-37-19-10-11-20-38(37)33-51(47)61-54;/h4-30,32-34,60H,1-3H3;/q-1;. The summed E-state index contributed by atoms with van der Waals surface area (Å²) in [6.07, 6.45) is 1.86. The summed E-state index contributed by atoms with van der Waals surface area (Å²) in [5, 5.41) is 15.8. The Morgan fingerprint density at radius 2 is 1.26 bits per heavy atom. The summed E-state index contributed by atoms with van der Waals surface area (Å²) in [5.74, 6) is 0.799. The molecule has 0 atom stereocenters. The number of aromatic nitrogens is 3. The molecule has 3 heterocycles. The molecule has 0 saturated heterocycles. The van der Waals surface area contributed by atoms with Gasteiger partial charge in [-0.3, -0.25) is 9.55 Å². The van der Waals surface area contributed by atoms with Crippen molar-refractivity contribution in [1.29, 1.82) is 0 Å². The smallest absolute Gasteiger partial charge is 0.148 e. The third kappa shape index (κ3) is 6.70. The maximum Gasteiger partial charge on any atom is 0.148 e. The normalized spacial score (nSPS) is 11.7. The third-order valence-electron chi connectivity index (χ3n) is 11.8. The van der Waals surface area contributed by atoms with Crippen molar-refractivity contribution in [2.24, 2.45) is 0 Å². The zero-order chi connectivity index (χ0) is 41.2. The molecule has 0 fully saturated rings. The quantitative estimate of drug-likeness (QED) is 0.169. The van der Waals surface area contributed by atoms with Gasteiger partial charge in [-0.15, -0.1) is 23.8 Å². The molecule has 0 unspecified atom stereocenters. The van der Waals surface area contributed by atoms with Crippen LogP contribution in [0.4, 0.5) is 0 Å². The van der Waals surface area contributed by atoms with E-state index in [1.165, 1.54) is 5.56 Å². The fraction of sp³-hybridized carbons (Fsp3) is 0.0714. The van der Waals surface area contributed by atoms with Gasteiger partial charge < -0.3 is 9.52 Å². The van der Waals surface area contributed by atoms with Crippen LogP contribution in [0.25, 0.3) is 105 Å². The monoisotopic (exact) mass is 981 g/mol. The second-order valence-electron chi connectivity index (χ2n) is 16.7. The zero-order valence-corrected chi connectivity index (χ0v) is 36.6. The minimum atomic E-state index is -0.0697. The molecule has 0 spiro atoms. The minimum Gasteiger partial charge on any atom is -0.507 e. The number of phenolic OH excluding ortho intramolecular Hbond substituents is 1. The Hall–Kier alpha value is -7.07. The van der Waals surface area contributed by atoms with Gasteiger partial charge in [-0.25, -0.2) is 4.98 Å². The minimum absolute atomic E-state index is 0. The fourth-order valence-electron chi connectivity index (χ4n) is 8.67. The zero-order valence-electron chi connectivity index (χ0n) is 34.3. The first-order valence-corrected chi connectivity index (χ1v) is 20.6. The van der Waals surface area contributed by atoms with Gasteiger partial charge >= 0.3 is 0 Å². The number of nitrogens with zero attached hydrogens (tertiary/aromatic N) is 3. The largest absolute Gasteiger partial charge is 0.507 e. The Morgan fingerprint density at radius 3 is 2.02 bits per heavy atom. The summed E-state index contributed by atoms with van der Waals surface area (Å²) in [5.41, 5.74) is 13.6. The first kappa shape index (κ1) is 39.1. The van der Waals surface area contributed by atoms with Gasteiger partial charge in [0.2, 0.25) is 0 Å². The van der Waals surface area contributed by atoms with Crippen LogP contribution in [0.2, 0.25) is 0 Å². The van der Waals surface area contributed by atoms with E-state index in [0.717, 1.165) is 94.1 Å². The SMILES string of the molecule is CC(C)(C)c1ccc(-n2c(-c3ccccc3O)nc3c(-c4[c-]c(-c5nccc6c5oc5cc7ccccc7cc56)cc(-c5ccccc5)c4)cccc32)c(-c2ccccc2)c1.[Pt]. The summed E-state index contributed by atoms with van der Waals surface area (Å²) < 4.78 is 8.89. The predicted octanol–water partition coefficient (Wildman–Crippen LogP) is 14.6. The molecule has 0 bridgehead atoms. The summed E-state index contributed by atoms with van der Waals surface area (Å²) in [6, 6.07) is 64.2. The number of hydrogen-bond acceptors (Lipinski definition) is 4. The summed E-state index contributed by atoms with van der Waals surface area (Å²) in [6.45, 7) is 6.72. The fourth-order valence-corrected chi connectivity index (χ4v) is 8.67. The number of rotatable bonds is 6. The molecule has 0 amide bonds. The average molecular weight is 982 g/mol. The molecule has 3 aromatic heterocycles. The van der Waals surface area contributed by atoms with Crippen LogP contribution in [0.15, 0.2) is 187 Å². The summed E-state index contributed by atoms with van der Waals surface area (Å²) >= 11 is 0. The Labute approximate surface area is 374 Å². The van der Waals surface area contributed by atoms with Crippen molar-refractivity contribution in [2.45, 2.75) is 26.2 Å². The van der Waals surface area contributed by atoms with Crippen LogP contribution in [-0.2, 0) is 26.5 Å². The molecule has 0 aliphatic heterocycles. The van der Waals surface area contributed by atoms with Gasteiger partial charge in [-0.05, 0) is 81.4 Å². The molecule has 302 valence electrons. The molecule has 5 nitrogen and oxygen atoms in total. The van der Waals surface area contributed by atoms with Gasteiger partial charge in [0.1, 0.15) is 22.7 Å². The molecule has 1 N–H and O–H groups in total. The van der Waals surface area contributed by atoms with Gasteiger partial charge in [0.25, 0.3) is 0 Å². The Balaban J connectivity index is 0.00000458. The number of furan rings is 1. The molecular formula is C56H40N3O2Pt-. The van der Waals surface area contributed by atoms with Gasteiger partial charge in [0.05, 0.1) is 22.3 Å². The number of para-hydroxylation sites is 2. The Kier molecular flexibility index (Phi) is 9.73. The summed E-state index contributed by atoms with van der Waals surface area (Å²) in [7, 11) is 0. The van der Waals surface area contributed by atoms with Crippen LogP contribution >= 0.6 is 0 Å². The molecular weight excluding hydrogens is 942 g/mol. The van der Waals surface area contributed by atoms with E-state index in [1.54, 1.807) is 6.07 Å². The van der Waals surface area contributed by atoms with E-state index in [1.807, 2.05) is 42.6 Å². The van der Waals surface area contributed by atoms with Crippen molar-refractivity contribution >= 4 is 43.7 Å². The van der Waals surface area contributed by atoms with Crippen LogP contribution in [0.3, 0.4) is 0 Å². The molecule has 0 saturated carbocycles. The number of benzene rings is 8. The average Bonchev–Trinajstić information content (AvgIpc) is 3.86. The number of pyridine rings is 1. The van der Waals surface area contributed by atoms with Crippen LogP contribution in [0, 0.1) is 6.07 Å². The molecule has 0 aliphatic carbocycles. The van der Waals surface area contributed by atoms with E-state index in [9.17, 15) is 5.11 Å². The number of aromatic hydroxyl groups is 1. The molecule has 0 radical (unpaired) electrons. The van der Waals surface area contributed by atoms with E-state index in [0.29, 0.717) is 11.4 Å². The Bertz CT molecular complexity index is 3470. The molecule has 62 heavy (non-hydrogen) atoms. The van der Waals surface area contributed by atoms with Gasteiger partial charge in [-0.1, -0.05) is 153 Å². The number of phenols is 1. The predicted molar refractivity (Wildman–Crippen MR) is 250 cm³/mol. The molecule has 6 heteroatoms. The van der Waals surface area contributed by atoms with Crippen molar-refractivity contribution in [3.63, 3.8) is 0 Å². The van der Waals surface area contributed by atoms with Crippen LogP contribution in [-0.4, -0.2) is 19.6 Å².